The van der Waals surface area contributed by atoms with Crippen LogP contribution in [0.2, 0.25) is 0 Å². The van der Waals surface area contributed by atoms with Crippen molar-refractivity contribution in [2.75, 3.05) is 0 Å². The molecule has 0 fully saturated rings. The molecule has 4 heterocycles. The monoisotopic (exact) mass is 1540 g/mol. The van der Waals surface area contributed by atoms with Crippen LogP contribution in [0.3, 0.4) is 0 Å². The summed E-state index contributed by atoms with van der Waals surface area (Å²) in [5, 5.41) is 5.00. The Bertz CT molecular complexity index is 7280. The van der Waals surface area contributed by atoms with Crippen LogP contribution in [0, 0.1) is 0 Å². The second-order valence-electron chi connectivity index (χ2n) is 30.2. The molecule has 21 aromatic rings. The van der Waals surface area contributed by atoms with Gasteiger partial charge >= 0.3 is 0 Å². The zero-order chi connectivity index (χ0) is 78.1. The highest BCUT2D eigenvalue weighted by atomic mass is 32.1. The van der Waals surface area contributed by atoms with E-state index in [2.05, 4.69) is 364 Å². The number of nitrogens with zero attached hydrogens (tertiary/aromatic N) is 6. The second-order valence-corrected chi connectivity index (χ2v) is 32.3. The lowest BCUT2D eigenvalue weighted by Gasteiger charge is -2.33. The fourth-order valence-electron chi connectivity index (χ4n) is 18.5. The van der Waals surface area contributed by atoms with Crippen molar-refractivity contribution in [3.63, 3.8) is 0 Å². The third-order valence-corrected chi connectivity index (χ3v) is 25.9. The predicted molar refractivity (Wildman–Crippen MR) is 489 cm³/mol. The van der Waals surface area contributed by atoms with E-state index in [0.717, 1.165) is 61.2 Å². The van der Waals surface area contributed by atoms with Gasteiger partial charge in [-0.2, -0.15) is 0 Å². The van der Waals surface area contributed by atoms with Gasteiger partial charge in [-0.25, -0.2) is 29.9 Å². The zero-order valence-electron chi connectivity index (χ0n) is 63.9. The van der Waals surface area contributed by atoms with Crippen LogP contribution in [0.5, 0.6) is 0 Å². The van der Waals surface area contributed by atoms with Gasteiger partial charge in [0.2, 0.25) is 0 Å². The first-order valence-corrected chi connectivity index (χ1v) is 41.6. The molecule has 0 spiro atoms. The van der Waals surface area contributed by atoms with Gasteiger partial charge in [0.1, 0.15) is 0 Å². The van der Waals surface area contributed by atoms with Gasteiger partial charge in [0, 0.05) is 73.7 Å². The van der Waals surface area contributed by atoms with E-state index in [4.69, 9.17) is 29.9 Å². The van der Waals surface area contributed by atoms with Gasteiger partial charge in [-0.3, -0.25) is 0 Å². The lowest BCUT2D eigenvalue weighted by molar-refractivity contribution is 0.770. The molecule has 0 atom stereocenters. The van der Waals surface area contributed by atoms with Crippen LogP contribution in [0.4, 0.5) is 0 Å². The minimum absolute atomic E-state index is 0.444. The Hall–Kier alpha value is -14.8. The molecular weight excluding hydrogens is 1470 g/mol. The summed E-state index contributed by atoms with van der Waals surface area (Å²) in [4.78, 5) is 30.5. The van der Waals surface area contributed by atoms with Crippen molar-refractivity contribution in [2.45, 2.75) is 10.8 Å². The maximum absolute atomic E-state index is 5.16. The number of aromatic nitrogens is 6. The van der Waals surface area contributed by atoms with Crippen molar-refractivity contribution >= 4 is 63.0 Å². The largest absolute Gasteiger partial charge is 0.208 e. The van der Waals surface area contributed by atoms with Gasteiger partial charge in [0.25, 0.3) is 0 Å². The van der Waals surface area contributed by atoms with Gasteiger partial charge in [0.05, 0.1) is 10.8 Å². The number of hydrogen-bond donors (Lipinski definition) is 0. The van der Waals surface area contributed by atoms with Gasteiger partial charge < -0.3 is 0 Å². The fraction of sp³-hybridized carbons (Fsp3) is 0.0182. The standard InChI is InChI=1S/C58H37N3S.C52H33N3S/c1-4-17-38(18-5-1)40-21-14-23-42(35-40)56-59-55(39-19-6-2-7-20-39)60-57(61-56)43-24-15-22-41(36-43)46-29-16-32-52-54(46)49-34-33-45(37-53(49)62-52)58(44-25-8-3-9-26-44)50-30-12-10-27-47(50)48-28-11-13-31-51(48)58;1-4-17-34(18-5-1)49-53-50(35-19-6-2-7-20-35)55-51(54-49)42-26-11-10-23-38(42)41-27-16-30-46-48(41)43-32-31-37(33-47(43)56-46)52(36-21-8-3-9-22-36)44-28-14-12-24-39(44)40-25-13-15-29-45(40)52/h1-37H;1-33H. The van der Waals surface area contributed by atoms with Crippen molar-refractivity contribution in [3.05, 3.63) is 469 Å². The van der Waals surface area contributed by atoms with Crippen molar-refractivity contribution in [1.82, 2.24) is 29.9 Å². The summed E-state index contributed by atoms with van der Waals surface area (Å²) in [5.41, 5.74) is 27.2. The molecule has 23 rings (SSSR count). The van der Waals surface area contributed by atoms with Gasteiger partial charge in [0.15, 0.2) is 34.9 Å². The van der Waals surface area contributed by atoms with Crippen molar-refractivity contribution < 1.29 is 0 Å². The maximum atomic E-state index is 5.16. The summed E-state index contributed by atoms with van der Waals surface area (Å²) in [6, 6.07) is 152. The molecule has 0 unspecified atom stereocenters. The number of hydrogen-bond acceptors (Lipinski definition) is 8. The van der Waals surface area contributed by atoms with E-state index in [1.54, 1.807) is 0 Å². The summed E-state index contributed by atoms with van der Waals surface area (Å²) in [6.07, 6.45) is 0. The Balaban J connectivity index is 0.000000143. The predicted octanol–water partition coefficient (Wildman–Crippen LogP) is 28.2. The van der Waals surface area contributed by atoms with Crippen molar-refractivity contribution in [1.29, 1.82) is 0 Å². The van der Waals surface area contributed by atoms with E-state index in [0.29, 0.717) is 34.9 Å². The molecule has 0 saturated carbocycles. The average Bonchev–Trinajstić information content (AvgIpc) is 1.54. The number of rotatable bonds is 13. The zero-order valence-corrected chi connectivity index (χ0v) is 65.5. The summed E-state index contributed by atoms with van der Waals surface area (Å²) in [7, 11) is 0. The molecule has 8 heteroatoms. The Morgan fingerprint density at radius 2 is 0.449 bits per heavy atom. The molecule has 0 aliphatic heterocycles. The fourth-order valence-corrected chi connectivity index (χ4v) is 20.8. The van der Waals surface area contributed by atoms with Crippen molar-refractivity contribution in [2.24, 2.45) is 0 Å². The van der Waals surface area contributed by atoms with Crippen LogP contribution in [0.15, 0.2) is 425 Å². The van der Waals surface area contributed by atoms with E-state index in [-0.39, 0.29) is 0 Å². The number of fused-ring (bicyclic) bond motifs is 12. The van der Waals surface area contributed by atoms with E-state index in [1.165, 1.54) is 113 Å². The molecule has 0 radical (unpaired) electrons. The van der Waals surface area contributed by atoms with Gasteiger partial charge in [-0.1, -0.05) is 388 Å². The van der Waals surface area contributed by atoms with Gasteiger partial charge in [-0.05, 0) is 137 Å². The second kappa shape index (κ2) is 29.2. The average molecular weight is 1540 g/mol. The van der Waals surface area contributed by atoms with E-state index in [9.17, 15) is 0 Å². The van der Waals surface area contributed by atoms with Gasteiger partial charge in [-0.15, -0.1) is 22.7 Å². The molecular formula is C110H70N6S2. The Morgan fingerprint density at radius 1 is 0.161 bits per heavy atom. The minimum atomic E-state index is -0.445. The lowest BCUT2D eigenvalue weighted by atomic mass is 9.67. The first-order chi connectivity index (χ1) is 58.5. The van der Waals surface area contributed by atoms with Crippen molar-refractivity contribution in [3.8, 4) is 124 Å². The van der Waals surface area contributed by atoms with Crippen LogP contribution in [0.1, 0.15) is 44.5 Å². The minimum Gasteiger partial charge on any atom is -0.208 e. The highest BCUT2D eigenvalue weighted by Crippen LogP contribution is 2.59. The lowest BCUT2D eigenvalue weighted by Crippen LogP contribution is -2.28. The molecule has 17 aromatic carbocycles. The molecule has 0 bridgehead atoms. The Morgan fingerprint density at radius 3 is 0.873 bits per heavy atom. The first-order valence-electron chi connectivity index (χ1n) is 40.0. The summed E-state index contributed by atoms with van der Waals surface area (Å²) < 4.78 is 5.03. The SMILES string of the molecule is c1ccc(-c2cccc(-c3nc(-c4ccccc4)nc(-c4cccc(-c5cccc6sc7cc(C8(c9ccccc9)c9ccccc9-c9ccccc98)ccc7c56)c4)n3)c2)cc1.c1ccc(-c2nc(-c3ccccc3)nc(-c3ccccc3-c3cccc4sc5cc(C6(c7ccccc7)c7ccccc7-c7ccccc76)ccc5c34)n2)cc1. The Labute approximate surface area is 691 Å². The quantitative estimate of drug-likeness (QED) is 0.114. The highest BCUT2D eigenvalue weighted by molar-refractivity contribution is 7.26. The summed E-state index contributed by atoms with van der Waals surface area (Å²) >= 11 is 3.73. The highest BCUT2D eigenvalue weighted by Gasteiger charge is 2.48. The van der Waals surface area contributed by atoms with Crippen LogP contribution in [0.25, 0.3) is 164 Å². The summed E-state index contributed by atoms with van der Waals surface area (Å²) in [5.74, 6) is 3.87. The molecule has 2 aliphatic rings. The van der Waals surface area contributed by atoms with E-state index >= 15 is 0 Å². The van der Waals surface area contributed by atoms with Crippen LogP contribution in [-0.2, 0) is 10.8 Å². The number of benzene rings is 17. The molecule has 552 valence electrons. The molecule has 0 amide bonds. The molecule has 4 aromatic heterocycles. The summed E-state index contributed by atoms with van der Waals surface area (Å²) in [6.45, 7) is 0. The Kier molecular flexibility index (Phi) is 17.3. The molecule has 2 aliphatic carbocycles. The topological polar surface area (TPSA) is 77.3 Å². The molecule has 0 saturated heterocycles. The number of thiophene rings is 2. The third-order valence-electron chi connectivity index (χ3n) is 23.7. The van der Waals surface area contributed by atoms with Crippen LogP contribution >= 0.6 is 22.7 Å². The molecule has 0 N–H and O–H groups in total. The first kappa shape index (κ1) is 69.9. The van der Waals surface area contributed by atoms with Crippen LogP contribution in [-0.4, -0.2) is 29.9 Å². The third kappa shape index (κ3) is 11.7. The van der Waals surface area contributed by atoms with E-state index < -0.39 is 10.8 Å². The molecule has 6 nitrogen and oxygen atoms in total. The molecule has 118 heavy (non-hydrogen) atoms. The maximum Gasteiger partial charge on any atom is 0.164 e. The van der Waals surface area contributed by atoms with E-state index in [1.807, 2.05) is 83.3 Å². The normalized spacial score (nSPS) is 12.7. The smallest absolute Gasteiger partial charge is 0.164 e. The van der Waals surface area contributed by atoms with Crippen LogP contribution < -0.4 is 0 Å².